The quantitative estimate of drug-likeness (QED) is 0.169. The van der Waals surface area contributed by atoms with Gasteiger partial charge in [-0.15, -0.1) is 0 Å². The molecule has 9 aromatic carbocycles. The van der Waals surface area contributed by atoms with E-state index in [1.807, 2.05) is 12.1 Å². The van der Waals surface area contributed by atoms with E-state index >= 15 is 0 Å². The molecular formula is C50H32N2O. The monoisotopic (exact) mass is 676 g/mol. The van der Waals surface area contributed by atoms with Gasteiger partial charge in [0, 0.05) is 44.3 Å². The van der Waals surface area contributed by atoms with Crippen molar-refractivity contribution in [3.05, 3.63) is 194 Å². The number of nitrogens with zero attached hydrogens (tertiary/aromatic N) is 2. The van der Waals surface area contributed by atoms with E-state index in [1.54, 1.807) is 0 Å². The van der Waals surface area contributed by atoms with Crippen LogP contribution >= 0.6 is 0 Å². The second kappa shape index (κ2) is 11.7. The summed E-state index contributed by atoms with van der Waals surface area (Å²) in [4.78, 5) is 2.39. The molecule has 0 amide bonds. The van der Waals surface area contributed by atoms with E-state index in [4.69, 9.17) is 4.42 Å². The van der Waals surface area contributed by atoms with E-state index in [2.05, 4.69) is 191 Å². The highest BCUT2D eigenvalue weighted by molar-refractivity contribution is 6.17. The highest BCUT2D eigenvalue weighted by atomic mass is 16.3. The standard InChI is InChI=1S/C50H32N2O/c1-2-11-33(12-3-1)34-23-26-37(27-24-34)51(38-13-10-14-39(30-38)52-47-18-7-4-15-41(47)42-16-5-8-19-48(42)52)40-28-25-35-21-22-36-29-50-46(32-45(36)44(35)31-40)43-17-6-9-20-49(43)53-50/h1-32H. The molecule has 0 bridgehead atoms. The maximum Gasteiger partial charge on any atom is 0.136 e. The largest absolute Gasteiger partial charge is 0.456 e. The summed E-state index contributed by atoms with van der Waals surface area (Å²) in [5.41, 5.74) is 11.0. The first kappa shape index (κ1) is 29.6. The van der Waals surface area contributed by atoms with Gasteiger partial charge in [0.05, 0.1) is 11.0 Å². The second-order valence-electron chi connectivity index (χ2n) is 13.8. The predicted molar refractivity (Wildman–Crippen MR) is 223 cm³/mol. The molecule has 0 N–H and O–H groups in total. The van der Waals surface area contributed by atoms with Crippen molar-refractivity contribution >= 4 is 82.4 Å². The van der Waals surface area contributed by atoms with Gasteiger partial charge in [0.15, 0.2) is 0 Å². The summed E-state index contributed by atoms with van der Waals surface area (Å²) >= 11 is 0. The third-order valence-electron chi connectivity index (χ3n) is 10.7. The van der Waals surface area contributed by atoms with Crippen LogP contribution in [0.25, 0.3) is 82.1 Å². The third kappa shape index (κ3) is 4.75. The Balaban J connectivity index is 1.13. The Hall–Kier alpha value is -7.10. The molecule has 0 saturated heterocycles. The number of para-hydroxylation sites is 3. The molecule has 0 unspecified atom stereocenters. The van der Waals surface area contributed by atoms with Gasteiger partial charge in [-0.25, -0.2) is 0 Å². The molecule has 0 atom stereocenters. The average Bonchev–Trinajstić information content (AvgIpc) is 3.76. The number of furan rings is 1. The Bertz CT molecular complexity index is 3120. The molecule has 11 aromatic rings. The van der Waals surface area contributed by atoms with Crippen LogP contribution in [0.3, 0.4) is 0 Å². The van der Waals surface area contributed by atoms with Crippen LogP contribution in [0.4, 0.5) is 17.1 Å². The minimum absolute atomic E-state index is 0.913. The van der Waals surface area contributed by atoms with E-state index < -0.39 is 0 Å². The van der Waals surface area contributed by atoms with Gasteiger partial charge in [-0.05, 0) is 105 Å². The Labute approximate surface area is 306 Å². The molecule has 0 aliphatic carbocycles. The molecule has 248 valence electrons. The van der Waals surface area contributed by atoms with Crippen LogP contribution in [-0.4, -0.2) is 4.57 Å². The lowest BCUT2D eigenvalue weighted by atomic mass is 9.98. The van der Waals surface area contributed by atoms with E-state index in [0.29, 0.717) is 0 Å². The van der Waals surface area contributed by atoms with Crippen LogP contribution in [-0.2, 0) is 0 Å². The summed E-state index contributed by atoms with van der Waals surface area (Å²) in [6, 6.07) is 69.9. The minimum atomic E-state index is 0.913. The smallest absolute Gasteiger partial charge is 0.136 e. The second-order valence-corrected chi connectivity index (χ2v) is 13.8. The van der Waals surface area contributed by atoms with Crippen molar-refractivity contribution in [1.29, 1.82) is 0 Å². The van der Waals surface area contributed by atoms with Crippen LogP contribution in [0.5, 0.6) is 0 Å². The molecule has 3 heteroatoms. The fraction of sp³-hybridized carbons (Fsp3) is 0. The summed E-state index contributed by atoms with van der Waals surface area (Å²) in [5.74, 6) is 0. The van der Waals surface area contributed by atoms with Crippen LogP contribution in [0.15, 0.2) is 199 Å². The van der Waals surface area contributed by atoms with E-state index in [9.17, 15) is 0 Å². The molecule has 0 spiro atoms. The van der Waals surface area contributed by atoms with Crippen molar-refractivity contribution < 1.29 is 4.42 Å². The van der Waals surface area contributed by atoms with Crippen LogP contribution < -0.4 is 4.90 Å². The van der Waals surface area contributed by atoms with Gasteiger partial charge in [-0.1, -0.05) is 121 Å². The molecule has 11 rings (SSSR count). The van der Waals surface area contributed by atoms with Gasteiger partial charge in [0.2, 0.25) is 0 Å². The molecule has 53 heavy (non-hydrogen) atoms. The van der Waals surface area contributed by atoms with Crippen LogP contribution in [0.2, 0.25) is 0 Å². The summed E-state index contributed by atoms with van der Waals surface area (Å²) in [6.07, 6.45) is 0. The van der Waals surface area contributed by atoms with Gasteiger partial charge < -0.3 is 13.9 Å². The fourth-order valence-electron chi connectivity index (χ4n) is 8.25. The number of anilines is 3. The van der Waals surface area contributed by atoms with Crippen molar-refractivity contribution in [3.8, 4) is 16.8 Å². The molecule has 0 aliphatic heterocycles. The molecule has 0 saturated carbocycles. The normalized spacial score (nSPS) is 11.8. The first-order valence-electron chi connectivity index (χ1n) is 18.1. The molecule has 0 aliphatic rings. The zero-order valence-electron chi connectivity index (χ0n) is 28.8. The highest BCUT2D eigenvalue weighted by Crippen LogP contribution is 2.41. The SMILES string of the molecule is c1ccc(-c2ccc(N(c3cccc(-n4c5ccccc5c5ccccc54)c3)c3ccc4ccc5cc6oc7ccccc7c6cc5c4c3)cc2)cc1. The Morgan fingerprint density at radius 1 is 0.340 bits per heavy atom. The van der Waals surface area contributed by atoms with Crippen molar-refractivity contribution in [1.82, 2.24) is 4.57 Å². The molecule has 3 nitrogen and oxygen atoms in total. The number of fused-ring (bicyclic) bond motifs is 9. The van der Waals surface area contributed by atoms with Gasteiger partial charge in [-0.2, -0.15) is 0 Å². The van der Waals surface area contributed by atoms with Crippen molar-refractivity contribution in [2.75, 3.05) is 4.90 Å². The average molecular weight is 677 g/mol. The fourth-order valence-corrected chi connectivity index (χ4v) is 8.25. The van der Waals surface area contributed by atoms with Gasteiger partial charge in [0.1, 0.15) is 11.2 Å². The van der Waals surface area contributed by atoms with Gasteiger partial charge in [-0.3, -0.25) is 0 Å². The number of hydrogen-bond donors (Lipinski definition) is 0. The molecule has 0 radical (unpaired) electrons. The Morgan fingerprint density at radius 3 is 1.74 bits per heavy atom. The summed E-state index contributed by atoms with van der Waals surface area (Å²) in [5, 5.41) is 9.56. The topological polar surface area (TPSA) is 21.3 Å². The molecular weight excluding hydrogens is 645 g/mol. The first-order chi connectivity index (χ1) is 26.3. The minimum Gasteiger partial charge on any atom is -0.456 e. The van der Waals surface area contributed by atoms with Crippen LogP contribution in [0.1, 0.15) is 0 Å². The summed E-state index contributed by atoms with van der Waals surface area (Å²) in [6.45, 7) is 0. The van der Waals surface area contributed by atoms with Crippen molar-refractivity contribution in [2.45, 2.75) is 0 Å². The Kier molecular flexibility index (Phi) is 6.55. The van der Waals surface area contributed by atoms with Gasteiger partial charge in [0.25, 0.3) is 0 Å². The van der Waals surface area contributed by atoms with Crippen molar-refractivity contribution in [2.24, 2.45) is 0 Å². The van der Waals surface area contributed by atoms with Crippen molar-refractivity contribution in [3.63, 3.8) is 0 Å². The number of aromatic nitrogens is 1. The lowest BCUT2D eigenvalue weighted by Gasteiger charge is -2.27. The van der Waals surface area contributed by atoms with E-state index in [-0.39, 0.29) is 0 Å². The highest BCUT2D eigenvalue weighted by Gasteiger charge is 2.18. The summed E-state index contributed by atoms with van der Waals surface area (Å²) < 4.78 is 8.67. The number of rotatable bonds is 5. The summed E-state index contributed by atoms with van der Waals surface area (Å²) in [7, 11) is 0. The molecule has 2 heterocycles. The number of hydrogen-bond acceptors (Lipinski definition) is 2. The molecule has 2 aromatic heterocycles. The van der Waals surface area contributed by atoms with Crippen LogP contribution in [0, 0.1) is 0 Å². The predicted octanol–water partition coefficient (Wildman–Crippen LogP) is 14.1. The van der Waals surface area contributed by atoms with E-state index in [1.165, 1.54) is 49.1 Å². The zero-order chi connectivity index (χ0) is 34.9. The van der Waals surface area contributed by atoms with Gasteiger partial charge >= 0.3 is 0 Å². The Morgan fingerprint density at radius 2 is 0.943 bits per heavy atom. The van der Waals surface area contributed by atoms with E-state index in [0.717, 1.165) is 50.1 Å². The molecule has 0 fully saturated rings. The first-order valence-corrected chi connectivity index (χ1v) is 18.1. The maximum absolute atomic E-state index is 6.28. The lowest BCUT2D eigenvalue weighted by molar-refractivity contribution is 0.669. The lowest BCUT2D eigenvalue weighted by Crippen LogP contribution is -2.10. The number of benzene rings is 9. The maximum atomic E-state index is 6.28. The zero-order valence-corrected chi connectivity index (χ0v) is 28.8. The third-order valence-corrected chi connectivity index (χ3v) is 10.7.